The number of aromatic nitrogens is 3. The Hall–Kier alpha value is -3.58. The summed E-state index contributed by atoms with van der Waals surface area (Å²) in [4.78, 5) is 15.6. The number of ether oxygens (including phenoxy) is 1. The van der Waals surface area contributed by atoms with Crippen LogP contribution >= 0.6 is 11.8 Å². The molecule has 0 bridgehead atoms. The molecular weight excluding hydrogens is 456 g/mol. The predicted octanol–water partition coefficient (Wildman–Crippen LogP) is 5.46. The minimum absolute atomic E-state index is 0.0295. The second-order valence-corrected chi connectivity index (χ2v) is 9.89. The predicted molar refractivity (Wildman–Crippen MR) is 137 cm³/mol. The number of carbonyl (C=O) groups is 1. The lowest BCUT2D eigenvalue weighted by molar-refractivity contribution is -0.117. The van der Waals surface area contributed by atoms with Crippen LogP contribution in [0.15, 0.2) is 90.1 Å². The highest BCUT2D eigenvalue weighted by Gasteiger charge is 2.34. The van der Waals surface area contributed by atoms with Crippen molar-refractivity contribution < 1.29 is 9.53 Å². The third-order valence-corrected chi connectivity index (χ3v) is 7.43. The summed E-state index contributed by atoms with van der Waals surface area (Å²) in [6.07, 6.45) is 2.31. The Morgan fingerprint density at radius 3 is 2.40 bits per heavy atom. The highest BCUT2D eigenvalue weighted by Crippen LogP contribution is 2.41. The number of anilines is 1. The van der Waals surface area contributed by atoms with E-state index in [2.05, 4.69) is 26.9 Å². The van der Waals surface area contributed by atoms with E-state index in [1.54, 1.807) is 0 Å². The Morgan fingerprint density at radius 2 is 1.63 bits per heavy atom. The number of rotatable bonds is 7. The molecule has 2 aliphatic rings. The number of thioether (sulfide) groups is 1. The lowest BCUT2D eigenvalue weighted by Gasteiger charge is -2.37. The summed E-state index contributed by atoms with van der Waals surface area (Å²) in [5.74, 6) is 2.55. The monoisotopic (exact) mass is 482 g/mol. The van der Waals surface area contributed by atoms with Gasteiger partial charge in [0, 0.05) is 5.92 Å². The van der Waals surface area contributed by atoms with Crippen LogP contribution in [0, 0.1) is 0 Å². The quantitative estimate of drug-likeness (QED) is 0.327. The molecule has 6 nitrogen and oxygen atoms in total. The van der Waals surface area contributed by atoms with E-state index in [1.165, 1.54) is 17.3 Å². The van der Waals surface area contributed by atoms with Crippen LogP contribution in [0.25, 0.3) is 0 Å². The standard InChI is InChI=1S/C28H26N4O2S/c33-26(32-23-13-7-8-14-25(23)34-18-24(32)21-11-5-2-6-12-21)19-35-28-30-29-27(22-15-16-22)31(28)17-20-9-3-1-4-10-20/h1-14,22,24H,15-19H2/t24-/m1/s1. The van der Waals surface area contributed by atoms with E-state index in [4.69, 9.17) is 4.74 Å². The molecule has 0 N–H and O–H groups in total. The molecule has 1 atom stereocenters. The first-order chi connectivity index (χ1) is 17.3. The second-order valence-electron chi connectivity index (χ2n) is 8.94. The fourth-order valence-corrected chi connectivity index (χ4v) is 5.38. The van der Waals surface area contributed by atoms with Gasteiger partial charge in [-0.05, 0) is 36.1 Å². The number of para-hydroxylation sites is 2. The molecule has 0 unspecified atom stereocenters. The van der Waals surface area contributed by atoms with Crippen molar-refractivity contribution in [3.8, 4) is 5.75 Å². The van der Waals surface area contributed by atoms with Crippen LogP contribution in [0.3, 0.4) is 0 Å². The van der Waals surface area contributed by atoms with E-state index in [1.807, 2.05) is 77.7 Å². The molecule has 6 rings (SSSR count). The topological polar surface area (TPSA) is 60.2 Å². The molecule has 0 radical (unpaired) electrons. The van der Waals surface area contributed by atoms with Crippen molar-refractivity contribution in [3.05, 3.63) is 102 Å². The maximum absolute atomic E-state index is 13.7. The summed E-state index contributed by atoms with van der Waals surface area (Å²) in [5.41, 5.74) is 3.07. The van der Waals surface area contributed by atoms with Crippen molar-refractivity contribution in [2.45, 2.75) is 36.5 Å². The van der Waals surface area contributed by atoms with Crippen molar-refractivity contribution in [2.75, 3.05) is 17.3 Å². The van der Waals surface area contributed by atoms with E-state index in [0.29, 0.717) is 19.1 Å². The fraction of sp³-hybridized carbons (Fsp3) is 0.250. The van der Waals surface area contributed by atoms with Crippen LogP contribution in [0.4, 0.5) is 5.69 Å². The molecule has 35 heavy (non-hydrogen) atoms. The van der Waals surface area contributed by atoms with Gasteiger partial charge < -0.3 is 9.30 Å². The van der Waals surface area contributed by atoms with Gasteiger partial charge in [0.2, 0.25) is 5.91 Å². The SMILES string of the molecule is O=C(CSc1nnc(C2CC2)n1Cc1ccccc1)N1c2ccccc2OC[C@@H]1c1ccccc1. The van der Waals surface area contributed by atoms with Gasteiger partial charge >= 0.3 is 0 Å². The fourth-order valence-electron chi connectivity index (χ4n) is 4.58. The smallest absolute Gasteiger partial charge is 0.238 e. The molecule has 4 aromatic rings. The van der Waals surface area contributed by atoms with Crippen LogP contribution < -0.4 is 9.64 Å². The molecule has 1 saturated carbocycles. The summed E-state index contributed by atoms with van der Waals surface area (Å²) in [7, 11) is 0. The van der Waals surface area contributed by atoms with Gasteiger partial charge in [0.05, 0.1) is 24.0 Å². The Morgan fingerprint density at radius 1 is 0.914 bits per heavy atom. The number of fused-ring (bicyclic) bond motifs is 1. The first-order valence-corrected chi connectivity index (χ1v) is 12.9. The molecule has 7 heteroatoms. The average Bonchev–Trinajstić information content (AvgIpc) is 3.69. The number of hydrogen-bond donors (Lipinski definition) is 0. The molecule has 0 spiro atoms. The van der Waals surface area contributed by atoms with Gasteiger partial charge in [-0.25, -0.2) is 0 Å². The average molecular weight is 483 g/mol. The van der Waals surface area contributed by atoms with E-state index >= 15 is 0 Å². The Balaban J connectivity index is 1.26. The van der Waals surface area contributed by atoms with E-state index < -0.39 is 0 Å². The van der Waals surface area contributed by atoms with Gasteiger partial charge in [0.15, 0.2) is 5.16 Å². The summed E-state index contributed by atoms with van der Waals surface area (Å²) >= 11 is 1.46. The minimum Gasteiger partial charge on any atom is -0.489 e. The molecule has 1 aliphatic carbocycles. The Labute approximate surface area is 208 Å². The molecular formula is C28H26N4O2S. The summed E-state index contributed by atoms with van der Waals surface area (Å²) in [6, 6.07) is 28.0. The van der Waals surface area contributed by atoms with Crippen molar-refractivity contribution in [1.82, 2.24) is 14.8 Å². The normalized spacial score (nSPS) is 17.0. The maximum atomic E-state index is 13.7. The van der Waals surface area contributed by atoms with E-state index in [0.717, 1.165) is 40.8 Å². The van der Waals surface area contributed by atoms with E-state index in [-0.39, 0.29) is 17.7 Å². The number of nitrogens with zero attached hydrogens (tertiary/aromatic N) is 4. The van der Waals surface area contributed by atoms with Gasteiger partial charge in [-0.15, -0.1) is 10.2 Å². The first-order valence-electron chi connectivity index (χ1n) is 12.0. The second kappa shape index (κ2) is 9.58. The number of benzene rings is 3. The summed E-state index contributed by atoms with van der Waals surface area (Å²) in [5, 5.41) is 9.80. The minimum atomic E-state index is -0.177. The Kier molecular flexibility index (Phi) is 6.00. The number of carbonyl (C=O) groups excluding carboxylic acids is 1. The molecule has 1 fully saturated rings. The molecule has 176 valence electrons. The van der Waals surface area contributed by atoms with Crippen LogP contribution in [0.5, 0.6) is 5.75 Å². The molecule has 1 aromatic heterocycles. The molecule has 1 aliphatic heterocycles. The first kappa shape index (κ1) is 21.9. The van der Waals surface area contributed by atoms with Crippen LogP contribution in [0.2, 0.25) is 0 Å². The zero-order valence-electron chi connectivity index (χ0n) is 19.3. The molecule has 0 saturated heterocycles. The van der Waals surface area contributed by atoms with Crippen molar-refractivity contribution in [1.29, 1.82) is 0 Å². The van der Waals surface area contributed by atoms with Crippen molar-refractivity contribution in [3.63, 3.8) is 0 Å². The Bertz CT molecular complexity index is 1320. The lowest BCUT2D eigenvalue weighted by Crippen LogP contribution is -2.42. The summed E-state index contributed by atoms with van der Waals surface area (Å²) < 4.78 is 8.22. The van der Waals surface area contributed by atoms with Crippen LogP contribution in [-0.2, 0) is 11.3 Å². The van der Waals surface area contributed by atoms with Crippen molar-refractivity contribution in [2.24, 2.45) is 0 Å². The van der Waals surface area contributed by atoms with Gasteiger partial charge in [-0.1, -0.05) is 84.6 Å². The summed E-state index contributed by atoms with van der Waals surface area (Å²) in [6.45, 7) is 1.14. The van der Waals surface area contributed by atoms with E-state index in [9.17, 15) is 4.79 Å². The number of amides is 1. The molecule has 3 aromatic carbocycles. The third-order valence-electron chi connectivity index (χ3n) is 6.48. The third kappa shape index (κ3) is 4.56. The highest BCUT2D eigenvalue weighted by atomic mass is 32.2. The maximum Gasteiger partial charge on any atom is 0.238 e. The van der Waals surface area contributed by atoms with Gasteiger partial charge in [-0.3, -0.25) is 9.69 Å². The molecule has 1 amide bonds. The van der Waals surface area contributed by atoms with Gasteiger partial charge in [0.1, 0.15) is 18.2 Å². The van der Waals surface area contributed by atoms with Crippen LogP contribution in [-0.4, -0.2) is 33.0 Å². The molecule has 2 heterocycles. The highest BCUT2D eigenvalue weighted by molar-refractivity contribution is 7.99. The van der Waals surface area contributed by atoms with Gasteiger partial charge in [-0.2, -0.15) is 0 Å². The number of hydrogen-bond acceptors (Lipinski definition) is 5. The van der Waals surface area contributed by atoms with Crippen LogP contribution in [0.1, 0.15) is 41.8 Å². The van der Waals surface area contributed by atoms with Gasteiger partial charge in [0.25, 0.3) is 0 Å². The lowest BCUT2D eigenvalue weighted by atomic mass is 10.0. The zero-order chi connectivity index (χ0) is 23.6. The zero-order valence-corrected chi connectivity index (χ0v) is 20.1. The largest absolute Gasteiger partial charge is 0.489 e. The van der Waals surface area contributed by atoms with Crippen molar-refractivity contribution >= 4 is 23.4 Å².